The van der Waals surface area contributed by atoms with Crippen molar-refractivity contribution in [3.05, 3.63) is 76.6 Å². The zero-order chi connectivity index (χ0) is 20.9. The molecule has 1 aromatic heterocycles. The van der Waals surface area contributed by atoms with E-state index in [4.69, 9.17) is 16.1 Å². The second kappa shape index (κ2) is 9.26. The molecule has 0 N–H and O–H groups in total. The number of benzene rings is 2. The van der Waals surface area contributed by atoms with E-state index in [2.05, 4.69) is 10.1 Å². The van der Waals surface area contributed by atoms with Gasteiger partial charge in [-0.3, -0.25) is 4.79 Å². The number of amides is 1. The van der Waals surface area contributed by atoms with Crippen molar-refractivity contribution in [3.8, 4) is 11.4 Å². The number of nitrogens with zero attached hydrogens (tertiary/aromatic N) is 3. The molecule has 30 heavy (non-hydrogen) atoms. The maximum absolute atomic E-state index is 12.7. The van der Waals surface area contributed by atoms with E-state index < -0.39 is 0 Å². The van der Waals surface area contributed by atoms with Gasteiger partial charge < -0.3 is 9.42 Å². The first-order valence-corrected chi connectivity index (χ1v) is 10.6. The fraction of sp³-hybridized carbons (Fsp3) is 0.292. The van der Waals surface area contributed by atoms with Crippen LogP contribution in [0.25, 0.3) is 17.5 Å². The largest absolute Gasteiger partial charge is 0.339 e. The summed E-state index contributed by atoms with van der Waals surface area (Å²) in [6.45, 7) is 3.49. The Labute approximate surface area is 181 Å². The fourth-order valence-corrected chi connectivity index (χ4v) is 4.03. The molecule has 1 saturated heterocycles. The number of carbonyl (C=O) groups is 1. The quantitative estimate of drug-likeness (QED) is 0.532. The highest BCUT2D eigenvalue weighted by Gasteiger charge is 2.24. The Morgan fingerprint density at radius 2 is 2.03 bits per heavy atom. The number of likely N-dealkylation sites (tertiary alicyclic amines) is 1. The van der Waals surface area contributed by atoms with Crippen LogP contribution in [0.5, 0.6) is 0 Å². The maximum atomic E-state index is 12.7. The van der Waals surface area contributed by atoms with E-state index in [1.54, 1.807) is 12.2 Å². The molecule has 6 heteroatoms. The molecule has 154 valence electrons. The molecule has 2 heterocycles. The summed E-state index contributed by atoms with van der Waals surface area (Å²) in [7, 11) is 0. The summed E-state index contributed by atoms with van der Waals surface area (Å²) < 4.78 is 5.50. The van der Waals surface area contributed by atoms with Crippen LogP contribution >= 0.6 is 11.6 Å². The van der Waals surface area contributed by atoms with Crippen molar-refractivity contribution in [2.45, 2.75) is 26.2 Å². The second-order valence-electron chi connectivity index (χ2n) is 7.68. The van der Waals surface area contributed by atoms with Crippen LogP contribution in [0.3, 0.4) is 0 Å². The van der Waals surface area contributed by atoms with Gasteiger partial charge in [0.2, 0.25) is 17.6 Å². The minimum atomic E-state index is 0.00532. The molecule has 1 atom stereocenters. The molecule has 4 rings (SSSR count). The van der Waals surface area contributed by atoms with Gasteiger partial charge in [0.05, 0.1) is 0 Å². The first kappa shape index (κ1) is 20.4. The number of piperidine rings is 1. The standard InChI is InChI=1S/C24H24ClN3O2/c1-17-7-2-4-10-20(17)24-26-22(30-27-24)15-18-8-6-14-28(16-18)23(29)13-12-19-9-3-5-11-21(19)25/h2-5,7,9-13,18H,6,8,14-16H2,1H3/b13-12+/t18-/m1/s1. The number of hydrogen-bond donors (Lipinski definition) is 0. The SMILES string of the molecule is Cc1ccccc1-c1noc(C[C@H]2CCCN(C(=O)/C=C/c3ccccc3Cl)C2)n1. The Kier molecular flexibility index (Phi) is 6.29. The summed E-state index contributed by atoms with van der Waals surface area (Å²) in [5.74, 6) is 1.56. The van der Waals surface area contributed by atoms with Crippen LogP contribution in [0.15, 0.2) is 59.1 Å². The zero-order valence-corrected chi connectivity index (χ0v) is 17.7. The lowest BCUT2D eigenvalue weighted by atomic mass is 9.94. The lowest BCUT2D eigenvalue weighted by Crippen LogP contribution is -2.39. The lowest BCUT2D eigenvalue weighted by Gasteiger charge is -2.31. The van der Waals surface area contributed by atoms with E-state index in [9.17, 15) is 4.79 Å². The van der Waals surface area contributed by atoms with Gasteiger partial charge in [-0.05, 0) is 49.0 Å². The molecular formula is C24H24ClN3O2. The number of aryl methyl sites for hydroxylation is 1. The number of carbonyl (C=O) groups excluding carboxylic acids is 1. The highest BCUT2D eigenvalue weighted by molar-refractivity contribution is 6.32. The summed E-state index contributed by atoms with van der Waals surface area (Å²) >= 11 is 6.16. The van der Waals surface area contributed by atoms with E-state index in [0.29, 0.717) is 35.6 Å². The molecule has 0 unspecified atom stereocenters. The van der Waals surface area contributed by atoms with Gasteiger partial charge in [0.15, 0.2) is 0 Å². The molecular weight excluding hydrogens is 398 g/mol. The van der Waals surface area contributed by atoms with Crippen LogP contribution in [0, 0.1) is 12.8 Å². The molecule has 1 aliphatic heterocycles. The van der Waals surface area contributed by atoms with Gasteiger partial charge in [0, 0.05) is 36.2 Å². The predicted molar refractivity (Wildman–Crippen MR) is 118 cm³/mol. The fourth-order valence-electron chi connectivity index (χ4n) is 3.83. The first-order chi connectivity index (χ1) is 14.6. The lowest BCUT2D eigenvalue weighted by molar-refractivity contribution is -0.127. The van der Waals surface area contributed by atoms with Gasteiger partial charge in [-0.2, -0.15) is 4.98 Å². The number of rotatable bonds is 5. The topological polar surface area (TPSA) is 59.2 Å². The maximum Gasteiger partial charge on any atom is 0.246 e. The average molecular weight is 422 g/mol. The monoisotopic (exact) mass is 421 g/mol. The van der Waals surface area contributed by atoms with E-state index >= 15 is 0 Å². The molecule has 5 nitrogen and oxygen atoms in total. The Bertz CT molecular complexity index is 1060. The first-order valence-electron chi connectivity index (χ1n) is 10.2. The Hall–Kier alpha value is -2.92. The third-order valence-electron chi connectivity index (χ3n) is 5.46. The molecule has 0 radical (unpaired) electrons. The van der Waals surface area contributed by atoms with Crippen LogP contribution in [0.1, 0.15) is 29.9 Å². The Morgan fingerprint density at radius 1 is 1.23 bits per heavy atom. The van der Waals surface area contributed by atoms with Crippen molar-refractivity contribution in [2.75, 3.05) is 13.1 Å². The molecule has 0 aliphatic carbocycles. The van der Waals surface area contributed by atoms with Crippen LogP contribution in [0.4, 0.5) is 0 Å². The van der Waals surface area contributed by atoms with Crippen LogP contribution in [-0.4, -0.2) is 34.0 Å². The summed E-state index contributed by atoms with van der Waals surface area (Å²) in [4.78, 5) is 19.1. The third kappa shape index (κ3) is 4.79. The molecule has 0 saturated carbocycles. The summed E-state index contributed by atoms with van der Waals surface area (Å²) in [6, 6.07) is 15.5. The van der Waals surface area contributed by atoms with Gasteiger partial charge in [-0.15, -0.1) is 0 Å². The Balaban J connectivity index is 1.38. The summed E-state index contributed by atoms with van der Waals surface area (Å²) in [6.07, 6.45) is 6.07. The normalized spacial score (nSPS) is 16.9. The molecule has 1 fully saturated rings. The third-order valence-corrected chi connectivity index (χ3v) is 5.80. The molecule has 2 aromatic carbocycles. The molecule has 3 aromatic rings. The van der Waals surface area contributed by atoms with Crippen LogP contribution in [-0.2, 0) is 11.2 Å². The number of hydrogen-bond acceptors (Lipinski definition) is 4. The summed E-state index contributed by atoms with van der Waals surface area (Å²) in [5, 5.41) is 4.79. The molecule has 1 aliphatic rings. The van der Waals surface area contributed by atoms with Gasteiger partial charge in [-0.1, -0.05) is 59.2 Å². The number of halogens is 1. The van der Waals surface area contributed by atoms with E-state index in [-0.39, 0.29) is 5.91 Å². The number of aromatic nitrogens is 2. The summed E-state index contributed by atoms with van der Waals surface area (Å²) in [5.41, 5.74) is 2.94. The van der Waals surface area contributed by atoms with Crippen molar-refractivity contribution >= 4 is 23.6 Å². The second-order valence-corrected chi connectivity index (χ2v) is 8.09. The zero-order valence-electron chi connectivity index (χ0n) is 16.9. The highest BCUT2D eigenvalue weighted by Crippen LogP contribution is 2.24. The molecule has 1 amide bonds. The van der Waals surface area contributed by atoms with Gasteiger partial charge in [0.1, 0.15) is 0 Å². The highest BCUT2D eigenvalue weighted by atomic mass is 35.5. The average Bonchev–Trinajstić information content (AvgIpc) is 3.21. The minimum absolute atomic E-state index is 0.00532. The van der Waals surface area contributed by atoms with Gasteiger partial charge in [0.25, 0.3) is 0 Å². The smallest absolute Gasteiger partial charge is 0.246 e. The van der Waals surface area contributed by atoms with E-state index in [1.807, 2.05) is 60.4 Å². The van der Waals surface area contributed by atoms with Gasteiger partial charge >= 0.3 is 0 Å². The van der Waals surface area contributed by atoms with Crippen LogP contribution in [0.2, 0.25) is 5.02 Å². The predicted octanol–water partition coefficient (Wildman–Crippen LogP) is 5.19. The molecule has 0 bridgehead atoms. The molecule has 0 spiro atoms. The van der Waals surface area contributed by atoms with Crippen molar-refractivity contribution in [3.63, 3.8) is 0 Å². The van der Waals surface area contributed by atoms with E-state index in [0.717, 1.165) is 36.1 Å². The van der Waals surface area contributed by atoms with Crippen molar-refractivity contribution in [1.29, 1.82) is 0 Å². The van der Waals surface area contributed by atoms with Crippen molar-refractivity contribution in [2.24, 2.45) is 5.92 Å². The van der Waals surface area contributed by atoms with E-state index in [1.165, 1.54) is 0 Å². The van der Waals surface area contributed by atoms with Gasteiger partial charge in [-0.25, -0.2) is 0 Å². The van der Waals surface area contributed by atoms with Crippen molar-refractivity contribution < 1.29 is 9.32 Å². The minimum Gasteiger partial charge on any atom is -0.339 e. The Morgan fingerprint density at radius 3 is 2.87 bits per heavy atom. The van der Waals surface area contributed by atoms with Crippen LogP contribution < -0.4 is 0 Å². The van der Waals surface area contributed by atoms with Crippen molar-refractivity contribution in [1.82, 2.24) is 15.0 Å².